The number of hydrogen-bond acceptors (Lipinski definition) is 7. The lowest BCUT2D eigenvalue weighted by molar-refractivity contribution is 0.324. The molecule has 0 unspecified atom stereocenters. The minimum absolute atomic E-state index is 0.590. The zero-order valence-corrected chi connectivity index (χ0v) is 15.0. The molecule has 0 amide bonds. The molecular formula is C16H20N4O3S. The number of nitrogens with zero attached hydrogens (tertiary/aromatic N) is 4. The first-order chi connectivity index (χ1) is 11.7. The molecule has 7 nitrogen and oxygen atoms in total. The van der Waals surface area contributed by atoms with Crippen molar-refractivity contribution in [3.8, 4) is 17.2 Å². The molecule has 0 aliphatic carbocycles. The Hall–Kier alpha value is -2.35. The van der Waals surface area contributed by atoms with Gasteiger partial charge in [0.2, 0.25) is 10.7 Å². The average molecular weight is 348 g/mol. The van der Waals surface area contributed by atoms with Gasteiger partial charge in [-0.1, -0.05) is 18.3 Å². The van der Waals surface area contributed by atoms with Gasteiger partial charge < -0.3 is 14.2 Å². The second-order valence-corrected chi connectivity index (χ2v) is 6.31. The molecule has 0 N–H and O–H groups in total. The third-order valence-corrected chi connectivity index (χ3v) is 4.55. The van der Waals surface area contributed by atoms with Gasteiger partial charge in [0.25, 0.3) is 0 Å². The van der Waals surface area contributed by atoms with Gasteiger partial charge in [-0.2, -0.15) is 9.61 Å². The SMILES string of the molecule is CCCc1nnc2sc(Cc3cc(OC)c(OC)c(OC)c3)nn12. The Morgan fingerprint density at radius 2 is 1.75 bits per heavy atom. The summed E-state index contributed by atoms with van der Waals surface area (Å²) < 4.78 is 18.0. The lowest BCUT2D eigenvalue weighted by atomic mass is 10.1. The molecule has 3 aromatic rings. The van der Waals surface area contributed by atoms with Gasteiger partial charge in [-0.15, -0.1) is 10.2 Å². The molecule has 2 heterocycles. The standard InChI is InChI=1S/C16H20N4O3S/c1-5-6-13-17-18-16-20(13)19-14(24-16)9-10-7-11(21-2)15(23-4)12(8-10)22-3/h7-8H,5-6,9H2,1-4H3. The molecule has 128 valence electrons. The van der Waals surface area contributed by atoms with E-state index >= 15 is 0 Å². The molecule has 2 aromatic heterocycles. The first kappa shape index (κ1) is 16.5. The van der Waals surface area contributed by atoms with Gasteiger partial charge in [-0.25, -0.2) is 0 Å². The number of ether oxygens (including phenoxy) is 3. The van der Waals surface area contributed by atoms with E-state index in [1.54, 1.807) is 32.7 Å². The maximum absolute atomic E-state index is 5.40. The molecule has 0 saturated carbocycles. The first-order valence-corrected chi connectivity index (χ1v) is 8.50. The second-order valence-electron chi connectivity index (χ2n) is 5.27. The topological polar surface area (TPSA) is 70.8 Å². The molecule has 24 heavy (non-hydrogen) atoms. The van der Waals surface area contributed by atoms with Crippen molar-refractivity contribution in [2.45, 2.75) is 26.2 Å². The summed E-state index contributed by atoms with van der Waals surface area (Å²) in [4.78, 5) is 0.820. The largest absolute Gasteiger partial charge is 0.493 e. The highest BCUT2D eigenvalue weighted by Gasteiger charge is 2.16. The summed E-state index contributed by atoms with van der Waals surface area (Å²) in [6.07, 6.45) is 2.55. The van der Waals surface area contributed by atoms with Gasteiger partial charge in [0.15, 0.2) is 17.3 Å². The Morgan fingerprint density at radius 3 is 2.33 bits per heavy atom. The summed E-state index contributed by atoms with van der Waals surface area (Å²) in [5.74, 6) is 2.77. The third-order valence-electron chi connectivity index (χ3n) is 3.65. The molecule has 0 saturated heterocycles. The molecule has 8 heteroatoms. The van der Waals surface area contributed by atoms with E-state index in [0.29, 0.717) is 23.7 Å². The van der Waals surface area contributed by atoms with Crippen LogP contribution in [0.1, 0.15) is 29.7 Å². The van der Waals surface area contributed by atoms with Crippen LogP contribution < -0.4 is 14.2 Å². The van der Waals surface area contributed by atoms with Crippen molar-refractivity contribution in [1.29, 1.82) is 0 Å². The van der Waals surface area contributed by atoms with Crippen LogP contribution in [0.3, 0.4) is 0 Å². The third kappa shape index (κ3) is 3.01. The van der Waals surface area contributed by atoms with Crippen molar-refractivity contribution in [2.75, 3.05) is 21.3 Å². The van der Waals surface area contributed by atoms with E-state index in [-0.39, 0.29) is 0 Å². The van der Waals surface area contributed by atoms with Gasteiger partial charge >= 0.3 is 0 Å². The van der Waals surface area contributed by atoms with Crippen LogP contribution in [0.15, 0.2) is 12.1 Å². The molecular weight excluding hydrogens is 328 g/mol. The summed E-state index contributed by atoms with van der Waals surface area (Å²) in [6, 6.07) is 3.88. The fourth-order valence-electron chi connectivity index (χ4n) is 2.56. The van der Waals surface area contributed by atoms with E-state index in [0.717, 1.165) is 34.2 Å². The number of aryl methyl sites for hydroxylation is 1. The molecule has 0 aliphatic heterocycles. The number of aromatic nitrogens is 4. The van der Waals surface area contributed by atoms with Crippen LogP contribution >= 0.6 is 11.3 Å². The van der Waals surface area contributed by atoms with Gasteiger partial charge in [-0.05, 0) is 24.1 Å². The number of methoxy groups -OCH3 is 3. The van der Waals surface area contributed by atoms with Gasteiger partial charge in [0.05, 0.1) is 21.3 Å². The van der Waals surface area contributed by atoms with Crippen LogP contribution in [0.25, 0.3) is 4.96 Å². The van der Waals surface area contributed by atoms with Crippen molar-refractivity contribution in [3.63, 3.8) is 0 Å². The molecule has 0 fully saturated rings. The molecule has 0 radical (unpaired) electrons. The monoisotopic (exact) mass is 348 g/mol. The lowest BCUT2D eigenvalue weighted by Gasteiger charge is -2.13. The molecule has 0 aliphatic rings. The summed E-state index contributed by atoms with van der Waals surface area (Å²) in [5, 5.41) is 14.0. The van der Waals surface area contributed by atoms with Crippen LogP contribution in [0.2, 0.25) is 0 Å². The fourth-order valence-corrected chi connectivity index (χ4v) is 3.45. The van der Waals surface area contributed by atoms with Crippen LogP contribution in [0, 0.1) is 0 Å². The minimum atomic E-state index is 0.590. The van der Waals surface area contributed by atoms with E-state index in [9.17, 15) is 0 Å². The van der Waals surface area contributed by atoms with E-state index in [1.807, 2.05) is 16.6 Å². The van der Waals surface area contributed by atoms with Crippen molar-refractivity contribution in [3.05, 3.63) is 28.5 Å². The first-order valence-electron chi connectivity index (χ1n) is 7.69. The molecule has 3 rings (SSSR count). The fraction of sp³-hybridized carbons (Fsp3) is 0.438. The molecule has 1 aromatic carbocycles. The molecule has 0 atom stereocenters. The predicted octanol–water partition coefficient (Wildman–Crippen LogP) is 2.75. The Balaban J connectivity index is 1.93. The highest BCUT2D eigenvalue weighted by molar-refractivity contribution is 7.16. The van der Waals surface area contributed by atoms with Gasteiger partial charge in [0.1, 0.15) is 5.01 Å². The van der Waals surface area contributed by atoms with Gasteiger partial charge in [0, 0.05) is 12.8 Å². The number of hydrogen-bond donors (Lipinski definition) is 0. The van der Waals surface area contributed by atoms with Gasteiger partial charge in [-0.3, -0.25) is 0 Å². The van der Waals surface area contributed by atoms with E-state index in [2.05, 4.69) is 22.2 Å². The predicted molar refractivity (Wildman–Crippen MR) is 91.6 cm³/mol. The summed E-state index contributed by atoms with van der Waals surface area (Å²) in [6.45, 7) is 2.12. The second kappa shape index (κ2) is 7.04. The Kier molecular flexibility index (Phi) is 4.84. The van der Waals surface area contributed by atoms with Crippen molar-refractivity contribution >= 4 is 16.3 Å². The Bertz CT molecular complexity index is 818. The van der Waals surface area contributed by atoms with E-state index in [4.69, 9.17) is 14.2 Å². The van der Waals surface area contributed by atoms with E-state index in [1.165, 1.54) is 0 Å². The quantitative estimate of drug-likeness (QED) is 0.654. The van der Waals surface area contributed by atoms with Crippen LogP contribution in [-0.4, -0.2) is 41.1 Å². The average Bonchev–Trinajstić information content (AvgIpc) is 3.15. The Labute approximate surface area is 144 Å². The van der Waals surface area contributed by atoms with Crippen molar-refractivity contribution in [1.82, 2.24) is 19.8 Å². The number of fused-ring (bicyclic) bond motifs is 1. The number of rotatable bonds is 7. The zero-order valence-electron chi connectivity index (χ0n) is 14.2. The maximum Gasteiger partial charge on any atom is 0.234 e. The van der Waals surface area contributed by atoms with Crippen LogP contribution in [0.5, 0.6) is 17.2 Å². The smallest absolute Gasteiger partial charge is 0.234 e. The summed E-state index contributed by atoms with van der Waals surface area (Å²) in [7, 11) is 4.82. The van der Waals surface area contributed by atoms with Crippen molar-refractivity contribution < 1.29 is 14.2 Å². The lowest BCUT2D eigenvalue weighted by Crippen LogP contribution is -1.99. The normalized spacial score (nSPS) is 11.0. The zero-order chi connectivity index (χ0) is 17.1. The minimum Gasteiger partial charge on any atom is -0.493 e. The number of benzene rings is 1. The Morgan fingerprint density at radius 1 is 1.04 bits per heavy atom. The molecule has 0 spiro atoms. The van der Waals surface area contributed by atoms with Crippen LogP contribution in [0.4, 0.5) is 0 Å². The summed E-state index contributed by atoms with van der Waals surface area (Å²) >= 11 is 1.54. The highest BCUT2D eigenvalue weighted by Crippen LogP contribution is 2.38. The van der Waals surface area contributed by atoms with Crippen LogP contribution in [-0.2, 0) is 12.8 Å². The highest BCUT2D eigenvalue weighted by atomic mass is 32.1. The molecule has 0 bridgehead atoms. The summed E-state index contributed by atoms with van der Waals surface area (Å²) in [5.41, 5.74) is 1.03. The van der Waals surface area contributed by atoms with Crippen molar-refractivity contribution in [2.24, 2.45) is 0 Å². The van der Waals surface area contributed by atoms with E-state index < -0.39 is 0 Å². The maximum atomic E-state index is 5.40.